The second-order valence-corrected chi connectivity index (χ2v) is 3.30. The molecule has 1 aromatic heterocycles. The van der Waals surface area contributed by atoms with Crippen LogP contribution in [0.4, 0.5) is 0 Å². The van der Waals surface area contributed by atoms with Crippen LogP contribution < -0.4 is 0 Å². The molecular formula is C10H17N3O3. The molecule has 0 unspecified atom stereocenters. The minimum atomic E-state index is 0.443. The summed E-state index contributed by atoms with van der Waals surface area (Å²) in [7, 11) is 0. The van der Waals surface area contributed by atoms with Gasteiger partial charge < -0.3 is 14.3 Å². The first-order valence-corrected chi connectivity index (χ1v) is 5.29. The van der Waals surface area contributed by atoms with Crippen molar-refractivity contribution in [2.75, 3.05) is 26.4 Å². The van der Waals surface area contributed by atoms with E-state index in [0.717, 1.165) is 12.0 Å². The summed E-state index contributed by atoms with van der Waals surface area (Å²) in [6.45, 7) is 4.69. The van der Waals surface area contributed by atoms with E-state index in [-0.39, 0.29) is 0 Å². The molecule has 90 valence electrons. The van der Waals surface area contributed by atoms with Crippen LogP contribution in [0.2, 0.25) is 0 Å². The van der Waals surface area contributed by atoms with Gasteiger partial charge in [-0.25, -0.2) is 4.68 Å². The number of ether oxygens (including phenoxy) is 2. The lowest BCUT2D eigenvalue weighted by Crippen LogP contribution is -2.11. The number of hydrogen-bond donors (Lipinski definition) is 0. The van der Waals surface area contributed by atoms with E-state index in [1.807, 2.05) is 13.1 Å². The topological polar surface area (TPSA) is 66.2 Å². The molecule has 0 aliphatic heterocycles. The van der Waals surface area contributed by atoms with Crippen molar-refractivity contribution in [3.05, 3.63) is 11.9 Å². The van der Waals surface area contributed by atoms with Gasteiger partial charge in [0.2, 0.25) is 0 Å². The molecular weight excluding hydrogens is 210 g/mol. The quantitative estimate of drug-likeness (QED) is 0.445. The van der Waals surface area contributed by atoms with E-state index in [2.05, 4.69) is 10.3 Å². The van der Waals surface area contributed by atoms with Crippen LogP contribution >= 0.6 is 0 Å². The van der Waals surface area contributed by atoms with Crippen LogP contribution in [0.5, 0.6) is 0 Å². The first kappa shape index (κ1) is 12.8. The predicted molar refractivity (Wildman–Crippen MR) is 57.1 cm³/mol. The van der Waals surface area contributed by atoms with Gasteiger partial charge in [-0.05, 0) is 6.92 Å². The van der Waals surface area contributed by atoms with Crippen molar-refractivity contribution in [1.82, 2.24) is 15.0 Å². The zero-order valence-corrected chi connectivity index (χ0v) is 9.46. The molecule has 0 bridgehead atoms. The number of aldehydes is 1. The van der Waals surface area contributed by atoms with Gasteiger partial charge in [-0.3, -0.25) is 0 Å². The minimum absolute atomic E-state index is 0.443. The lowest BCUT2D eigenvalue weighted by Gasteiger charge is -2.04. The number of aryl methyl sites for hydroxylation is 1. The molecule has 0 N–H and O–H groups in total. The fraction of sp³-hybridized carbons (Fsp3) is 0.700. The van der Waals surface area contributed by atoms with Gasteiger partial charge in [-0.15, -0.1) is 5.10 Å². The van der Waals surface area contributed by atoms with E-state index in [9.17, 15) is 4.79 Å². The maximum Gasteiger partial charge on any atom is 0.122 e. The van der Waals surface area contributed by atoms with Crippen LogP contribution in [0.25, 0.3) is 0 Å². The SMILES string of the molecule is Cc1cn(CCOCCOCCC=O)nn1. The van der Waals surface area contributed by atoms with Gasteiger partial charge >= 0.3 is 0 Å². The Morgan fingerprint density at radius 1 is 1.31 bits per heavy atom. The summed E-state index contributed by atoms with van der Waals surface area (Å²) < 4.78 is 12.2. The normalized spacial score (nSPS) is 10.6. The van der Waals surface area contributed by atoms with E-state index in [0.29, 0.717) is 39.4 Å². The average Bonchev–Trinajstić information content (AvgIpc) is 2.68. The summed E-state index contributed by atoms with van der Waals surface area (Å²) in [6, 6.07) is 0. The second kappa shape index (κ2) is 7.95. The van der Waals surface area contributed by atoms with Crippen LogP contribution in [0.15, 0.2) is 6.20 Å². The lowest BCUT2D eigenvalue weighted by molar-refractivity contribution is -0.108. The molecule has 1 rings (SSSR count). The Bertz CT molecular complexity index is 301. The Hall–Kier alpha value is -1.27. The third kappa shape index (κ3) is 5.57. The van der Waals surface area contributed by atoms with E-state index in [1.54, 1.807) is 4.68 Å². The number of rotatable bonds is 9. The highest BCUT2D eigenvalue weighted by Crippen LogP contribution is 1.89. The van der Waals surface area contributed by atoms with Gasteiger partial charge in [0.15, 0.2) is 0 Å². The molecule has 0 atom stereocenters. The summed E-state index contributed by atoms with van der Waals surface area (Å²) in [6.07, 6.45) is 3.15. The average molecular weight is 227 g/mol. The molecule has 0 aromatic carbocycles. The lowest BCUT2D eigenvalue weighted by atomic mass is 10.5. The van der Waals surface area contributed by atoms with E-state index in [4.69, 9.17) is 9.47 Å². The Balaban J connectivity index is 1.90. The summed E-state index contributed by atoms with van der Waals surface area (Å²) in [5, 5.41) is 7.76. The molecule has 0 aliphatic rings. The van der Waals surface area contributed by atoms with Gasteiger partial charge in [-0.1, -0.05) is 5.21 Å². The van der Waals surface area contributed by atoms with Crippen LogP contribution in [0.1, 0.15) is 12.1 Å². The first-order chi connectivity index (χ1) is 7.83. The van der Waals surface area contributed by atoms with Gasteiger partial charge in [0.25, 0.3) is 0 Å². The van der Waals surface area contributed by atoms with Gasteiger partial charge in [0.1, 0.15) is 6.29 Å². The van der Waals surface area contributed by atoms with Gasteiger partial charge in [0, 0.05) is 12.6 Å². The zero-order valence-electron chi connectivity index (χ0n) is 9.46. The fourth-order valence-corrected chi connectivity index (χ4v) is 1.12. The summed E-state index contributed by atoms with van der Waals surface area (Å²) in [5.74, 6) is 0. The van der Waals surface area contributed by atoms with Crippen molar-refractivity contribution in [3.8, 4) is 0 Å². The Labute approximate surface area is 94.5 Å². The van der Waals surface area contributed by atoms with Crippen molar-refractivity contribution in [3.63, 3.8) is 0 Å². The van der Waals surface area contributed by atoms with E-state index in [1.165, 1.54) is 0 Å². The number of carbonyl (C=O) groups is 1. The Morgan fingerprint density at radius 3 is 2.69 bits per heavy atom. The maximum absolute atomic E-state index is 9.97. The van der Waals surface area contributed by atoms with E-state index >= 15 is 0 Å². The van der Waals surface area contributed by atoms with Crippen molar-refractivity contribution in [2.45, 2.75) is 19.9 Å². The Morgan fingerprint density at radius 2 is 2.06 bits per heavy atom. The molecule has 0 saturated carbocycles. The molecule has 0 radical (unpaired) electrons. The predicted octanol–water partition coefficient (Wildman–Crippen LogP) is 0.209. The second-order valence-electron chi connectivity index (χ2n) is 3.30. The highest BCUT2D eigenvalue weighted by molar-refractivity contribution is 5.49. The van der Waals surface area contributed by atoms with E-state index < -0.39 is 0 Å². The number of aromatic nitrogens is 3. The zero-order chi connectivity index (χ0) is 11.6. The smallest absolute Gasteiger partial charge is 0.122 e. The van der Waals surface area contributed by atoms with Crippen LogP contribution in [-0.4, -0.2) is 47.7 Å². The van der Waals surface area contributed by atoms with Gasteiger partial charge in [0.05, 0.1) is 38.7 Å². The Kier molecular flexibility index (Phi) is 6.36. The molecule has 0 aliphatic carbocycles. The van der Waals surface area contributed by atoms with Crippen molar-refractivity contribution in [1.29, 1.82) is 0 Å². The highest BCUT2D eigenvalue weighted by atomic mass is 16.5. The number of carbonyl (C=O) groups excluding carboxylic acids is 1. The highest BCUT2D eigenvalue weighted by Gasteiger charge is 1.95. The molecule has 6 heteroatoms. The molecule has 1 heterocycles. The number of hydrogen-bond acceptors (Lipinski definition) is 5. The fourth-order valence-electron chi connectivity index (χ4n) is 1.12. The summed E-state index contributed by atoms with van der Waals surface area (Å²) >= 11 is 0. The summed E-state index contributed by atoms with van der Waals surface area (Å²) in [5.41, 5.74) is 0.900. The van der Waals surface area contributed by atoms with Crippen LogP contribution in [-0.2, 0) is 20.8 Å². The molecule has 0 saturated heterocycles. The van der Waals surface area contributed by atoms with Crippen LogP contribution in [0.3, 0.4) is 0 Å². The molecule has 0 spiro atoms. The van der Waals surface area contributed by atoms with Crippen LogP contribution in [0, 0.1) is 6.92 Å². The molecule has 16 heavy (non-hydrogen) atoms. The number of nitrogens with zero attached hydrogens (tertiary/aromatic N) is 3. The third-order valence-electron chi connectivity index (χ3n) is 1.87. The molecule has 0 fully saturated rings. The summed E-state index contributed by atoms with van der Waals surface area (Å²) in [4.78, 5) is 9.97. The first-order valence-electron chi connectivity index (χ1n) is 5.29. The molecule has 6 nitrogen and oxygen atoms in total. The third-order valence-corrected chi connectivity index (χ3v) is 1.87. The van der Waals surface area contributed by atoms with Crippen molar-refractivity contribution < 1.29 is 14.3 Å². The molecule has 0 amide bonds. The minimum Gasteiger partial charge on any atom is -0.379 e. The van der Waals surface area contributed by atoms with Crippen molar-refractivity contribution >= 4 is 6.29 Å². The maximum atomic E-state index is 9.97. The standard InChI is InChI=1S/C10H17N3O3/c1-10-9-13(12-11-10)3-6-16-8-7-15-5-2-4-14/h4,9H,2-3,5-8H2,1H3. The monoisotopic (exact) mass is 227 g/mol. The van der Waals surface area contributed by atoms with Crippen molar-refractivity contribution in [2.24, 2.45) is 0 Å². The largest absolute Gasteiger partial charge is 0.379 e. The van der Waals surface area contributed by atoms with Gasteiger partial charge in [-0.2, -0.15) is 0 Å². The molecule has 1 aromatic rings.